The number of carbonyl (C=O) groups is 1. The average Bonchev–Trinajstić information content (AvgIpc) is 2.88. The van der Waals surface area contributed by atoms with Crippen molar-refractivity contribution in [3.63, 3.8) is 0 Å². The van der Waals surface area contributed by atoms with Crippen LogP contribution in [0.15, 0.2) is 41.1 Å². The van der Waals surface area contributed by atoms with Gasteiger partial charge in [-0.25, -0.2) is 0 Å². The van der Waals surface area contributed by atoms with Gasteiger partial charge < -0.3 is 14.3 Å². The van der Waals surface area contributed by atoms with E-state index in [1.54, 1.807) is 36.5 Å². The van der Waals surface area contributed by atoms with Gasteiger partial charge >= 0.3 is 0 Å². The molecule has 0 atom stereocenters. The molecule has 0 radical (unpaired) electrons. The SMILES string of the molecule is CN(Cc1ccco1)C(=O)c1ccc[nH]1. The summed E-state index contributed by atoms with van der Waals surface area (Å²) in [5, 5.41) is 0. The van der Waals surface area contributed by atoms with E-state index < -0.39 is 0 Å². The van der Waals surface area contributed by atoms with E-state index in [4.69, 9.17) is 4.42 Å². The molecule has 0 saturated carbocycles. The maximum absolute atomic E-state index is 11.8. The van der Waals surface area contributed by atoms with Gasteiger partial charge in [-0.1, -0.05) is 0 Å². The normalized spacial score (nSPS) is 10.2. The molecular weight excluding hydrogens is 192 g/mol. The van der Waals surface area contributed by atoms with Gasteiger partial charge in [0.2, 0.25) is 0 Å². The first kappa shape index (κ1) is 9.58. The molecule has 0 aromatic carbocycles. The second-order valence-corrected chi connectivity index (χ2v) is 3.32. The van der Waals surface area contributed by atoms with E-state index >= 15 is 0 Å². The van der Waals surface area contributed by atoms with Crippen LogP contribution in [0.1, 0.15) is 16.2 Å². The predicted octanol–water partition coefficient (Wildman–Crippen LogP) is 1.88. The number of H-pyrrole nitrogens is 1. The first-order valence-corrected chi connectivity index (χ1v) is 4.68. The fourth-order valence-electron chi connectivity index (χ4n) is 1.38. The summed E-state index contributed by atoms with van der Waals surface area (Å²) in [7, 11) is 1.74. The Balaban J connectivity index is 2.03. The van der Waals surface area contributed by atoms with Crippen LogP contribution in [0.2, 0.25) is 0 Å². The molecule has 0 saturated heterocycles. The Morgan fingerprint density at radius 1 is 1.47 bits per heavy atom. The van der Waals surface area contributed by atoms with Gasteiger partial charge in [0.25, 0.3) is 5.91 Å². The summed E-state index contributed by atoms with van der Waals surface area (Å²) in [6.45, 7) is 0.477. The molecule has 4 heteroatoms. The van der Waals surface area contributed by atoms with Crippen LogP contribution in [-0.4, -0.2) is 22.8 Å². The van der Waals surface area contributed by atoms with Gasteiger partial charge in [-0.15, -0.1) is 0 Å². The fourth-order valence-corrected chi connectivity index (χ4v) is 1.38. The van der Waals surface area contributed by atoms with E-state index in [9.17, 15) is 4.79 Å². The van der Waals surface area contributed by atoms with Gasteiger partial charge in [-0.2, -0.15) is 0 Å². The molecule has 0 spiro atoms. The van der Waals surface area contributed by atoms with Crippen LogP contribution in [0.5, 0.6) is 0 Å². The lowest BCUT2D eigenvalue weighted by atomic mass is 10.3. The topological polar surface area (TPSA) is 49.2 Å². The third kappa shape index (κ3) is 2.10. The highest BCUT2D eigenvalue weighted by molar-refractivity contribution is 5.92. The molecule has 15 heavy (non-hydrogen) atoms. The lowest BCUT2D eigenvalue weighted by molar-refractivity contribution is 0.0770. The second-order valence-electron chi connectivity index (χ2n) is 3.32. The van der Waals surface area contributed by atoms with Gasteiger partial charge in [0, 0.05) is 13.2 Å². The number of hydrogen-bond donors (Lipinski definition) is 1. The number of nitrogens with one attached hydrogen (secondary N) is 1. The van der Waals surface area contributed by atoms with Crippen LogP contribution in [0.4, 0.5) is 0 Å². The standard InChI is InChI=1S/C11H12N2O2/c1-13(8-9-4-3-7-15-9)11(14)10-5-2-6-12-10/h2-7,12H,8H2,1H3. The zero-order chi connectivity index (χ0) is 10.7. The van der Waals surface area contributed by atoms with Gasteiger partial charge in [0.15, 0.2) is 0 Å². The molecular formula is C11H12N2O2. The highest BCUT2D eigenvalue weighted by Crippen LogP contribution is 2.07. The van der Waals surface area contributed by atoms with Crippen molar-refractivity contribution in [1.29, 1.82) is 0 Å². The van der Waals surface area contributed by atoms with Gasteiger partial charge in [0.05, 0.1) is 12.8 Å². The zero-order valence-electron chi connectivity index (χ0n) is 8.43. The minimum absolute atomic E-state index is 0.0450. The lowest BCUT2D eigenvalue weighted by Gasteiger charge is -2.14. The summed E-state index contributed by atoms with van der Waals surface area (Å²) in [6.07, 6.45) is 3.33. The molecule has 78 valence electrons. The predicted molar refractivity (Wildman–Crippen MR) is 55.3 cm³/mol. The number of hydrogen-bond acceptors (Lipinski definition) is 2. The summed E-state index contributed by atoms with van der Waals surface area (Å²) in [5.74, 6) is 0.730. The first-order chi connectivity index (χ1) is 7.27. The fraction of sp³-hybridized carbons (Fsp3) is 0.182. The van der Waals surface area contributed by atoms with Crippen molar-refractivity contribution in [2.75, 3.05) is 7.05 Å². The van der Waals surface area contributed by atoms with Crippen LogP contribution in [0.3, 0.4) is 0 Å². The summed E-state index contributed by atoms with van der Waals surface area (Å²) in [4.78, 5) is 16.3. The second kappa shape index (κ2) is 4.04. The number of nitrogens with zero attached hydrogens (tertiary/aromatic N) is 1. The number of aromatic nitrogens is 1. The molecule has 2 rings (SSSR count). The van der Waals surface area contributed by atoms with E-state index in [-0.39, 0.29) is 5.91 Å². The minimum Gasteiger partial charge on any atom is -0.467 e. The number of carbonyl (C=O) groups excluding carboxylic acids is 1. The van der Waals surface area contributed by atoms with Gasteiger partial charge in [-0.3, -0.25) is 4.79 Å². The number of rotatable bonds is 3. The van der Waals surface area contributed by atoms with Crippen LogP contribution in [0.25, 0.3) is 0 Å². The summed E-state index contributed by atoms with van der Waals surface area (Å²) in [6, 6.07) is 7.20. The summed E-state index contributed by atoms with van der Waals surface area (Å²) < 4.78 is 5.17. The van der Waals surface area contributed by atoms with Crippen LogP contribution >= 0.6 is 0 Å². The molecule has 0 bridgehead atoms. The Hall–Kier alpha value is -1.97. The molecule has 0 aliphatic carbocycles. The minimum atomic E-state index is -0.0450. The molecule has 2 aromatic rings. The van der Waals surface area contributed by atoms with Gasteiger partial charge in [0.1, 0.15) is 11.5 Å². The molecule has 0 fully saturated rings. The highest BCUT2D eigenvalue weighted by Gasteiger charge is 2.13. The first-order valence-electron chi connectivity index (χ1n) is 4.68. The van der Waals surface area contributed by atoms with Crippen molar-refractivity contribution in [2.45, 2.75) is 6.54 Å². The maximum Gasteiger partial charge on any atom is 0.270 e. The molecule has 2 aromatic heterocycles. The Labute approximate surface area is 87.5 Å². The quantitative estimate of drug-likeness (QED) is 0.829. The zero-order valence-corrected chi connectivity index (χ0v) is 8.43. The molecule has 1 amide bonds. The summed E-state index contributed by atoms with van der Waals surface area (Å²) >= 11 is 0. The smallest absolute Gasteiger partial charge is 0.270 e. The van der Waals surface area contributed by atoms with Crippen molar-refractivity contribution in [3.05, 3.63) is 48.2 Å². The van der Waals surface area contributed by atoms with Crippen molar-refractivity contribution in [3.8, 4) is 0 Å². The largest absolute Gasteiger partial charge is 0.467 e. The van der Waals surface area contributed by atoms with Crippen molar-refractivity contribution < 1.29 is 9.21 Å². The highest BCUT2D eigenvalue weighted by atomic mass is 16.3. The van der Waals surface area contributed by atoms with E-state index in [1.807, 2.05) is 12.1 Å². The Bertz CT molecular complexity index is 417. The molecule has 1 N–H and O–H groups in total. The molecule has 2 heterocycles. The monoisotopic (exact) mass is 204 g/mol. The molecule has 4 nitrogen and oxygen atoms in total. The maximum atomic E-state index is 11.8. The Morgan fingerprint density at radius 3 is 2.93 bits per heavy atom. The van der Waals surface area contributed by atoms with Crippen LogP contribution < -0.4 is 0 Å². The van der Waals surface area contributed by atoms with E-state index in [1.165, 1.54) is 0 Å². The third-order valence-corrected chi connectivity index (χ3v) is 2.15. The van der Waals surface area contributed by atoms with Crippen LogP contribution in [0, 0.1) is 0 Å². The number of amides is 1. The van der Waals surface area contributed by atoms with Crippen LogP contribution in [-0.2, 0) is 6.54 Å². The van der Waals surface area contributed by atoms with Crippen molar-refractivity contribution in [2.24, 2.45) is 0 Å². The van der Waals surface area contributed by atoms with Gasteiger partial charge in [-0.05, 0) is 24.3 Å². The lowest BCUT2D eigenvalue weighted by Crippen LogP contribution is -2.26. The number of furan rings is 1. The Morgan fingerprint density at radius 2 is 2.33 bits per heavy atom. The third-order valence-electron chi connectivity index (χ3n) is 2.15. The number of aromatic amines is 1. The molecule has 0 aliphatic heterocycles. The van der Waals surface area contributed by atoms with E-state index in [0.717, 1.165) is 5.76 Å². The molecule has 0 unspecified atom stereocenters. The molecule has 0 aliphatic rings. The summed E-state index contributed by atoms with van der Waals surface area (Å²) in [5.41, 5.74) is 0.587. The van der Waals surface area contributed by atoms with E-state index in [0.29, 0.717) is 12.2 Å². The average molecular weight is 204 g/mol. The van der Waals surface area contributed by atoms with Crippen molar-refractivity contribution in [1.82, 2.24) is 9.88 Å². The van der Waals surface area contributed by atoms with E-state index in [2.05, 4.69) is 4.98 Å². The Kier molecular flexibility index (Phi) is 2.58. The van der Waals surface area contributed by atoms with Crippen molar-refractivity contribution >= 4 is 5.91 Å².